The number of carbonyl (C=O) groups excluding carboxylic acids is 1. The first-order chi connectivity index (χ1) is 11.1. The summed E-state index contributed by atoms with van der Waals surface area (Å²) in [7, 11) is 0. The zero-order valence-electron chi connectivity index (χ0n) is 13.0. The van der Waals surface area contributed by atoms with E-state index in [1.165, 1.54) is 0 Å². The quantitative estimate of drug-likeness (QED) is 0.879. The van der Waals surface area contributed by atoms with Crippen LogP contribution in [0.15, 0.2) is 28.1 Å². The molecule has 1 fully saturated rings. The molecular weight excluding hydrogens is 317 g/mol. The zero-order chi connectivity index (χ0) is 16.2. The molecule has 0 radical (unpaired) electrons. The van der Waals surface area contributed by atoms with Crippen LogP contribution < -0.4 is 5.32 Å². The Hall–Kier alpha value is -1.73. The lowest BCUT2D eigenvalue weighted by atomic mass is 10.2. The molecule has 2 atom stereocenters. The van der Waals surface area contributed by atoms with Crippen LogP contribution in [0.5, 0.6) is 0 Å². The molecule has 1 aliphatic heterocycles. The average Bonchev–Trinajstić information content (AvgIpc) is 3.21. The van der Waals surface area contributed by atoms with Crippen molar-refractivity contribution in [3.8, 4) is 0 Å². The third-order valence-electron chi connectivity index (χ3n) is 3.96. The Kier molecular flexibility index (Phi) is 5.07. The number of hydrogen-bond acceptors (Lipinski definition) is 5. The van der Waals surface area contributed by atoms with Gasteiger partial charge in [0.05, 0.1) is 18.7 Å². The molecule has 2 aromatic rings. The van der Waals surface area contributed by atoms with Crippen molar-refractivity contribution in [2.24, 2.45) is 0 Å². The van der Waals surface area contributed by atoms with Crippen molar-refractivity contribution in [3.63, 3.8) is 0 Å². The number of rotatable bonds is 6. The van der Waals surface area contributed by atoms with Crippen molar-refractivity contribution in [1.82, 2.24) is 15.4 Å². The van der Waals surface area contributed by atoms with Crippen LogP contribution in [0.25, 0.3) is 0 Å². The highest BCUT2D eigenvalue weighted by Crippen LogP contribution is 2.22. The lowest BCUT2D eigenvalue weighted by Crippen LogP contribution is -2.40. The average molecular weight is 337 g/mol. The Labute approximate surface area is 138 Å². The number of aryl methyl sites for hydroxylation is 1. The fourth-order valence-corrected chi connectivity index (χ4v) is 3.59. The molecule has 0 saturated carbocycles. The van der Waals surface area contributed by atoms with E-state index >= 15 is 0 Å². The van der Waals surface area contributed by atoms with Gasteiger partial charge in [0.25, 0.3) is 0 Å². The standard InChI is InChI=1S/C16H20FN3O2S/c1-11-5-14(22-19-11)10-20-9-12(17)6-13(20)8-18-16(21)7-15-3-2-4-23-15/h2-5,12-13H,6-10H2,1H3,(H,18,21)/t12-,13-/m0/s1. The van der Waals surface area contributed by atoms with E-state index in [9.17, 15) is 9.18 Å². The first-order valence-corrected chi connectivity index (χ1v) is 8.57. The number of likely N-dealkylation sites (tertiary alicyclic amines) is 1. The molecule has 124 valence electrons. The number of carbonyl (C=O) groups is 1. The van der Waals surface area contributed by atoms with Gasteiger partial charge in [-0.25, -0.2) is 4.39 Å². The van der Waals surface area contributed by atoms with Gasteiger partial charge in [-0.1, -0.05) is 11.2 Å². The Balaban J connectivity index is 1.51. The summed E-state index contributed by atoms with van der Waals surface area (Å²) >= 11 is 1.56. The third-order valence-corrected chi connectivity index (χ3v) is 4.84. The van der Waals surface area contributed by atoms with Crippen LogP contribution in [0.3, 0.4) is 0 Å². The van der Waals surface area contributed by atoms with Crippen molar-refractivity contribution >= 4 is 17.2 Å². The summed E-state index contributed by atoms with van der Waals surface area (Å²) in [5.74, 6) is 0.705. The van der Waals surface area contributed by atoms with Gasteiger partial charge in [-0.2, -0.15) is 0 Å². The van der Waals surface area contributed by atoms with Crippen molar-refractivity contribution in [2.75, 3.05) is 13.1 Å². The first-order valence-electron chi connectivity index (χ1n) is 7.69. The molecule has 0 aromatic carbocycles. The number of thiophene rings is 1. The summed E-state index contributed by atoms with van der Waals surface area (Å²) in [4.78, 5) is 15.0. The summed E-state index contributed by atoms with van der Waals surface area (Å²) in [6.07, 6.45) is -0.0462. The van der Waals surface area contributed by atoms with Gasteiger partial charge >= 0.3 is 0 Å². The second-order valence-corrected chi connectivity index (χ2v) is 6.94. The summed E-state index contributed by atoms with van der Waals surface area (Å²) in [5.41, 5.74) is 0.816. The van der Waals surface area contributed by atoms with Crippen LogP contribution >= 0.6 is 11.3 Å². The number of halogens is 1. The molecule has 0 unspecified atom stereocenters. The molecular formula is C16H20FN3O2S. The van der Waals surface area contributed by atoms with Crippen LogP contribution in [0, 0.1) is 6.92 Å². The number of amides is 1. The summed E-state index contributed by atoms with van der Waals surface area (Å²) in [6.45, 7) is 3.20. The fraction of sp³-hybridized carbons (Fsp3) is 0.500. The van der Waals surface area contributed by atoms with Gasteiger partial charge in [-0.15, -0.1) is 11.3 Å². The van der Waals surface area contributed by atoms with Gasteiger partial charge < -0.3 is 9.84 Å². The zero-order valence-corrected chi connectivity index (χ0v) is 13.8. The van der Waals surface area contributed by atoms with Crippen molar-refractivity contribution in [1.29, 1.82) is 0 Å². The summed E-state index contributed by atoms with van der Waals surface area (Å²) < 4.78 is 19.0. The molecule has 7 heteroatoms. The molecule has 0 spiro atoms. The van der Waals surface area contributed by atoms with Gasteiger partial charge in [-0.3, -0.25) is 9.69 Å². The fourth-order valence-electron chi connectivity index (χ4n) is 2.88. The molecule has 23 heavy (non-hydrogen) atoms. The molecule has 0 bridgehead atoms. The third kappa shape index (κ3) is 4.39. The minimum atomic E-state index is -0.863. The SMILES string of the molecule is Cc1cc(CN2C[C@@H](F)C[C@H]2CNC(=O)Cc2cccs2)on1. The minimum absolute atomic E-state index is 0.0114. The monoisotopic (exact) mass is 337 g/mol. The van der Waals surface area contributed by atoms with Gasteiger partial charge in [-0.05, 0) is 24.8 Å². The molecule has 2 aromatic heterocycles. The largest absolute Gasteiger partial charge is 0.360 e. The second kappa shape index (κ2) is 7.23. The van der Waals surface area contributed by atoms with Gasteiger partial charge in [0, 0.05) is 30.1 Å². The van der Waals surface area contributed by atoms with Gasteiger partial charge in [0.1, 0.15) is 6.17 Å². The molecule has 5 nitrogen and oxygen atoms in total. The van der Waals surface area contributed by atoms with E-state index < -0.39 is 6.17 Å². The number of aromatic nitrogens is 1. The Morgan fingerprint density at radius 2 is 2.48 bits per heavy atom. The highest BCUT2D eigenvalue weighted by molar-refractivity contribution is 7.10. The van der Waals surface area contributed by atoms with Gasteiger partial charge in [0.2, 0.25) is 5.91 Å². The maximum absolute atomic E-state index is 13.8. The van der Waals surface area contributed by atoms with E-state index in [1.54, 1.807) is 11.3 Å². The molecule has 3 rings (SSSR count). The molecule has 1 N–H and O–H groups in total. The smallest absolute Gasteiger partial charge is 0.225 e. The van der Waals surface area contributed by atoms with Crippen LogP contribution in [0.1, 0.15) is 22.8 Å². The van der Waals surface area contributed by atoms with Crippen LogP contribution in [0.4, 0.5) is 4.39 Å². The Morgan fingerprint density at radius 1 is 1.61 bits per heavy atom. The molecule has 1 saturated heterocycles. The van der Waals surface area contributed by atoms with Crippen LogP contribution in [-0.4, -0.2) is 41.3 Å². The second-order valence-electron chi connectivity index (χ2n) is 5.91. The van der Waals surface area contributed by atoms with E-state index in [2.05, 4.69) is 10.5 Å². The maximum atomic E-state index is 13.8. The molecule has 1 aliphatic rings. The van der Waals surface area contributed by atoms with Crippen molar-refractivity contribution < 1.29 is 13.7 Å². The van der Waals surface area contributed by atoms with E-state index in [0.717, 1.165) is 16.3 Å². The molecule has 1 amide bonds. The number of nitrogens with one attached hydrogen (secondary N) is 1. The molecule has 3 heterocycles. The number of nitrogens with zero attached hydrogens (tertiary/aromatic N) is 2. The predicted octanol–water partition coefficient (Wildman–Crippen LogP) is 2.32. The lowest BCUT2D eigenvalue weighted by molar-refractivity contribution is -0.120. The van der Waals surface area contributed by atoms with E-state index in [1.807, 2.05) is 35.4 Å². The highest BCUT2D eigenvalue weighted by Gasteiger charge is 2.32. The number of hydrogen-bond donors (Lipinski definition) is 1. The maximum Gasteiger partial charge on any atom is 0.225 e. The number of alkyl halides is 1. The highest BCUT2D eigenvalue weighted by atomic mass is 32.1. The van der Waals surface area contributed by atoms with Crippen molar-refractivity contribution in [2.45, 2.75) is 38.5 Å². The van der Waals surface area contributed by atoms with Gasteiger partial charge in [0.15, 0.2) is 5.76 Å². The summed E-state index contributed by atoms with van der Waals surface area (Å²) in [6, 6.07) is 5.72. The Bertz CT molecular complexity index is 644. The van der Waals surface area contributed by atoms with E-state index in [-0.39, 0.29) is 11.9 Å². The lowest BCUT2D eigenvalue weighted by Gasteiger charge is -2.22. The Morgan fingerprint density at radius 3 is 3.17 bits per heavy atom. The van der Waals surface area contributed by atoms with Crippen LogP contribution in [0.2, 0.25) is 0 Å². The predicted molar refractivity (Wildman–Crippen MR) is 86.0 cm³/mol. The normalized spacial score (nSPS) is 21.7. The van der Waals surface area contributed by atoms with E-state index in [0.29, 0.717) is 32.5 Å². The van der Waals surface area contributed by atoms with E-state index in [4.69, 9.17) is 4.52 Å². The first kappa shape index (κ1) is 16.1. The topological polar surface area (TPSA) is 58.4 Å². The molecule has 0 aliphatic carbocycles. The summed E-state index contributed by atoms with van der Waals surface area (Å²) in [5, 5.41) is 8.73. The van der Waals surface area contributed by atoms with Crippen LogP contribution in [-0.2, 0) is 17.8 Å². The minimum Gasteiger partial charge on any atom is -0.360 e. The van der Waals surface area contributed by atoms with Crippen molar-refractivity contribution in [3.05, 3.63) is 39.9 Å².